The molecule has 1 aliphatic carbocycles. The molecule has 1 saturated carbocycles. The first kappa shape index (κ1) is 96.4. The molecule has 0 bridgehead atoms. The molecule has 0 spiro atoms. The Hall–Kier alpha value is -10.2. The van der Waals surface area contributed by atoms with Gasteiger partial charge in [-0.2, -0.15) is 20.6 Å². The summed E-state index contributed by atoms with van der Waals surface area (Å²) >= 11 is 43.6. The number of hydrogen-bond donors (Lipinski definition) is 4. The van der Waals surface area contributed by atoms with Gasteiger partial charge < -0.3 is 45.8 Å². The third-order valence-corrected chi connectivity index (χ3v) is 30.6. The Labute approximate surface area is 822 Å². The zero-order chi connectivity index (χ0) is 94.7. The Balaban J connectivity index is 0.000000125. The maximum Gasteiger partial charge on any atom is 0.243 e. The number of rotatable bonds is 17. The second-order valence-corrected chi connectivity index (χ2v) is 40.0. The minimum Gasteiger partial charge on any atom is -0.365 e. The van der Waals surface area contributed by atoms with Crippen LogP contribution in [0.4, 0.5) is 10.1 Å². The molecule has 12 aromatic rings. The minimum absolute atomic E-state index is 0.0318. The van der Waals surface area contributed by atoms with Crippen LogP contribution in [0.1, 0.15) is 200 Å². The van der Waals surface area contributed by atoms with Crippen LogP contribution in [0.3, 0.4) is 0 Å². The molecule has 11 heterocycles. The van der Waals surface area contributed by atoms with Gasteiger partial charge in [0.2, 0.25) is 23.6 Å². The first-order valence-corrected chi connectivity index (χ1v) is 49.7. The number of piperazine rings is 1. The van der Waals surface area contributed by atoms with Gasteiger partial charge in [0.15, 0.2) is 5.69 Å². The summed E-state index contributed by atoms with van der Waals surface area (Å²) in [5, 5.41) is 52.6. The first-order chi connectivity index (χ1) is 65.1. The van der Waals surface area contributed by atoms with Gasteiger partial charge in [-0.1, -0.05) is 179 Å². The Morgan fingerprint density at radius 3 is 1.46 bits per heavy atom. The number of halogens is 8. The van der Waals surface area contributed by atoms with Crippen LogP contribution in [0, 0.1) is 17.1 Å². The van der Waals surface area contributed by atoms with Gasteiger partial charge in [-0.15, -0.1) is 5.10 Å². The smallest absolute Gasteiger partial charge is 0.243 e. The van der Waals surface area contributed by atoms with E-state index in [1.165, 1.54) is 40.3 Å². The standard InChI is InChI=1S/C28H32Cl2N4O.C26H25Cl2N5O.C26H28Cl2N4O.C24H28ClFN6O/c1-19(24-9-8-23(29)17-25(24)30)34-26-16-21(6-7-22(26)18-32-34)20-10-14-33(15-11-20)27(35)28(31-2)12-4-3-5-13-28;1-16(20-7-5-19(27)14-22(20)28)33-25-13-18(4-6-21(25)24(15-29)31-33)17-8-11-32(12-9-17)26(34)23-3-2-10-30-23;1-17(22-7-6-21(27)15-23(22)28)32-24-14-19(4-5-20(24)16-30-32)18-8-12-31(13-9-18)25(33)26(2)10-3-11-29-26;1-15-14-30(24(33)22-4-3-9-27-22)10-11-31(15)18-6-8-21-23(13-18)32(29-28-21)16(2)19-7-5-17(25)12-20(19)26/h6-10,16-19,31H,3-5,11-15H2,1-2H3;4-8,13-14,16,23,30H,2-3,9-12H2,1H3;4-8,14-17,29H,3,9-13H2,1-2H3;5-8,12-13,15-16,22,27H,3-4,9-11,14H2,1-2H3/t;;;15-,16?,22?/m...0/s1. The summed E-state index contributed by atoms with van der Waals surface area (Å²) < 4.78 is 22.2. The lowest BCUT2D eigenvalue weighted by molar-refractivity contribution is -0.139. The van der Waals surface area contributed by atoms with Crippen LogP contribution in [-0.2, 0) is 19.2 Å². The molecule has 7 aliphatic heterocycles. The third kappa shape index (κ3) is 20.7. The SMILES string of the molecule is CC(c1ccc(Cl)cc1Cl)n1nc(C#N)c2ccc(C3=CCN(C(=O)C4CCCN4)CC3)cc21.CC(c1ccc(Cl)cc1Cl)n1ncc2ccc(C3=CCN(C(=O)C4(C)CCCN4)CC3)cc21.CC(c1ccc(Cl)cc1F)n1nnc2ccc(N3CCN(C(=O)C4CCCN4)C[C@@H]3C)cc21.CNC1(C(=O)N2CC=C(c3ccc4cnn(C(C)c5ccc(Cl)cc5Cl)c4c3)CC2)CCCCC1. The monoisotopic (exact) mass is 1960 g/mol. The van der Waals surface area contributed by atoms with Crippen molar-refractivity contribution in [1.29, 1.82) is 5.26 Å². The predicted molar refractivity (Wildman–Crippen MR) is 541 cm³/mol. The van der Waals surface area contributed by atoms with Crippen molar-refractivity contribution in [2.75, 3.05) is 90.5 Å². The maximum absolute atomic E-state index is 14.5. The second-order valence-electron chi connectivity index (χ2n) is 37.0. The van der Waals surface area contributed by atoms with Gasteiger partial charge >= 0.3 is 0 Å². The Morgan fingerprint density at radius 2 is 0.985 bits per heavy atom. The average Bonchev–Trinajstić information content (AvgIpc) is 1.61. The normalized spacial score (nSPS) is 20.5. The van der Waals surface area contributed by atoms with Gasteiger partial charge in [-0.05, 0) is 280 Å². The van der Waals surface area contributed by atoms with Crippen LogP contribution in [0.2, 0.25) is 35.2 Å². The summed E-state index contributed by atoms with van der Waals surface area (Å²) in [6.45, 7) is 21.3. The number of carbonyl (C=O) groups excluding carboxylic acids is 4. The molecule has 0 radical (unpaired) electrons. The molecule has 4 aromatic heterocycles. The molecule has 31 heteroatoms. The van der Waals surface area contributed by atoms with Crippen LogP contribution in [0.25, 0.3) is 60.5 Å². The highest BCUT2D eigenvalue weighted by Gasteiger charge is 2.43. The summed E-state index contributed by atoms with van der Waals surface area (Å²) in [7, 11) is 1.94. The molecule has 7 unspecified atom stereocenters. The van der Waals surface area contributed by atoms with Gasteiger partial charge in [0, 0.05) is 128 Å². The van der Waals surface area contributed by atoms with Crippen molar-refractivity contribution in [3.8, 4) is 6.07 Å². The fourth-order valence-electron chi connectivity index (χ4n) is 20.7. The fourth-order valence-corrected chi connectivity index (χ4v) is 22.5. The van der Waals surface area contributed by atoms with E-state index in [1.807, 2.05) is 135 Å². The molecule has 8 aromatic carbocycles. The highest BCUT2D eigenvalue weighted by atomic mass is 35.5. The number of likely N-dealkylation sites (N-methyl/N-ethyl adjacent to an activating group) is 1. The van der Waals surface area contributed by atoms with E-state index in [-0.39, 0.29) is 77.3 Å². The Morgan fingerprint density at radius 1 is 0.496 bits per heavy atom. The molecule has 8 aliphatic rings. The predicted octanol–water partition coefficient (Wildman–Crippen LogP) is 21.0. The Kier molecular flexibility index (Phi) is 30.0. The number of anilines is 1. The summed E-state index contributed by atoms with van der Waals surface area (Å²) in [5.41, 5.74) is 15.8. The number of aromatic nitrogens is 9. The van der Waals surface area contributed by atoms with Crippen molar-refractivity contribution in [2.24, 2.45) is 0 Å². The van der Waals surface area contributed by atoms with Crippen LogP contribution >= 0.6 is 81.2 Å². The molecule has 4 amide bonds. The van der Waals surface area contributed by atoms with Crippen LogP contribution in [-0.4, -0.2) is 202 Å². The number of nitriles is 1. The zero-order valence-corrected chi connectivity index (χ0v) is 82.3. The van der Waals surface area contributed by atoms with Crippen molar-refractivity contribution in [3.63, 3.8) is 0 Å². The number of fused-ring (bicyclic) bond motifs is 4. The molecular formula is C104H113Cl7FN19O4. The fraction of sp³-hybridized carbons (Fsp3) is 0.404. The number of amides is 4. The van der Waals surface area contributed by atoms with E-state index in [0.717, 1.165) is 194 Å². The zero-order valence-electron chi connectivity index (χ0n) is 77.0. The van der Waals surface area contributed by atoms with Gasteiger partial charge in [0.1, 0.15) is 17.4 Å². The van der Waals surface area contributed by atoms with Crippen LogP contribution in [0.5, 0.6) is 0 Å². The van der Waals surface area contributed by atoms with E-state index < -0.39 is 5.54 Å². The van der Waals surface area contributed by atoms with Gasteiger partial charge in [0.05, 0.1) is 81.8 Å². The van der Waals surface area contributed by atoms with Crippen LogP contribution < -0.4 is 26.2 Å². The summed E-state index contributed by atoms with van der Waals surface area (Å²) in [6, 6.07) is 48.2. The quantitative estimate of drug-likeness (QED) is 0.0663. The van der Waals surface area contributed by atoms with E-state index in [2.05, 4.69) is 145 Å². The minimum atomic E-state index is -0.407. The lowest BCUT2D eigenvalue weighted by atomic mass is 9.80. The number of nitrogens with zero attached hydrogens (tertiary/aromatic N) is 15. The van der Waals surface area contributed by atoms with E-state index in [4.69, 9.17) is 81.2 Å². The van der Waals surface area contributed by atoms with E-state index >= 15 is 0 Å². The highest BCUT2D eigenvalue weighted by Crippen LogP contribution is 2.41. The van der Waals surface area contributed by atoms with Gasteiger partial charge in [-0.3, -0.25) is 33.2 Å². The summed E-state index contributed by atoms with van der Waals surface area (Å²) in [4.78, 5) is 62.2. The highest BCUT2D eigenvalue weighted by molar-refractivity contribution is 6.36. The third-order valence-electron chi connectivity index (χ3n) is 28.6. The Bertz CT molecular complexity index is 6590. The molecular weight excluding hydrogens is 1850 g/mol. The first-order valence-electron chi connectivity index (χ1n) is 47.1. The van der Waals surface area contributed by atoms with Crippen molar-refractivity contribution in [2.45, 2.75) is 185 Å². The lowest BCUT2D eigenvalue weighted by Gasteiger charge is -2.42. The molecule has 135 heavy (non-hydrogen) atoms. The van der Waals surface area contributed by atoms with Crippen LogP contribution in [0.15, 0.2) is 176 Å². The van der Waals surface area contributed by atoms with Crippen molar-refractivity contribution < 1.29 is 23.6 Å². The molecule has 5 fully saturated rings. The second kappa shape index (κ2) is 42.0. The van der Waals surface area contributed by atoms with Crippen molar-refractivity contribution in [1.82, 2.24) is 85.2 Å². The summed E-state index contributed by atoms with van der Waals surface area (Å²) in [6.07, 6.45) is 24.1. The average molecular weight is 1960 g/mol. The lowest BCUT2D eigenvalue weighted by Crippen LogP contribution is -2.58. The number of benzene rings is 8. The largest absolute Gasteiger partial charge is 0.365 e. The van der Waals surface area contributed by atoms with Crippen molar-refractivity contribution in [3.05, 3.63) is 262 Å². The van der Waals surface area contributed by atoms with E-state index in [9.17, 15) is 28.8 Å². The van der Waals surface area contributed by atoms with Gasteiger partial charge in [-0.25, -0.2) is 9.07 Å². The molecule has 704 valence electrons. The molecule has 4 saturated heterocycles. The maximum atomic E-state index is 14.5. The van der Waals surface area contributed by atoms with E-state index in [1.54, 1.807) is 35.0 Å². The number of carbonyl (C=O) groups is 4. The molecule has 20 rings (SSSR count). The summed E-state index contributed by atoms with van der Waals surface area (Å²) in [5.74, 6) is 0.542. The van der Waals surface area contributed by atoms with Crippen molar-refractivity contribution >= 4 is 171 Å². The number of hydrogen-bond acceptors (Lipinski definition) is 15. The van der Waals surface area contributed by atoms with E-state index in [0.29, 0.717) is 85.7 Å². The molecule has 4 N–H and O–H groups in total. The van der Waals surface area contributed by atoms with Gasteiger partial charge in [0.25, 0.3) is 0 Å². The topological polar surface area (TPSA) is 241 Å². The number of nitrogens with one attached hydrogen (secondary N) is 4. The molecule has 23 nitrogen and oxygen atoms in total. The molecule has 8 atom stereocenters.